The molecule has 0 aliphatic rings. The van der Waals surface area contributed by atoms with Crippen LogP contribution in [0.25, 0.3) is 0 Å². The average molecular weight is 306 g/mol. The van der Waals surface area contributed by atoms with Gasteiger partial charge in [0.05, 0.1) is 10.0 Å². The van der Waals surface area contributed by atoms with Crippen LogP contribution in [0, 0.1) is 11.6 Å². The SMILES string of the molecule is Nc1cc(Cl)c(Cl)cc1Sc1ccc(F)c(F)c1. The molecule has 0 heterocycles. The van der Waals surface area contributed by atoms with Crippen LogP contribution in [0.15, 0.2) is 40.1 Å². The largest absolute Gasteiger partial charge is 0.398 e. The Morgan fingerprint density at radius 1 is 0.944 bits per heavy atom. The van der Waals surface area contributed by atoms with Crippen molar-refractivity contribution in [3.05, 3.63) is 52.0 Å². The van der Waals surface area contributed by atoms with E-state index in [1.165, 1.54) is 23.9 Å². The Morgan fingerprint density at radius 3 is 2.28 bits per heavy atom. The Morgan fingerprint density at radius 2 is 1.61 bits per heavy atom. The van der Waals surface area contributed by atoms with Crippen LogP contribution >= 0.6 is 35.0 Å². The number of hydrogen-bond acceptors (Lipinski definition) is 2. The molecule has 0 fully saturated rings. The summed E-state index contributed by atoms with van der Waals surface area (Å²) in [4.78, 5) is 1.16. The molecular formula is C12H7Cl2F2NS. The first kappa shape index (κ1) is 13.5. The fourth-order valence-corrected chi connectivity index (χ4v) is 2.61. The average Bonchev–Trinajstić information content (AvgIpc) is 2.31. The first-order valence-electron chi connectivity index (χ1n) is 4.85. The summed E-state index contributed by atoms with van der Waals surface area (Å²) in [6.07, 6.45) is 0. The summed E-state index contributed by atoms with van der Waals surface area (Å²) in [5.41, 5.74) is 6.20. The maximum atomic E-state index is 13.1. The number of rotatable bonds is 2. The highest BCUT2D eigenvalue weighted by atomic mass is 35.5. The second-order valence-electron chi connectivity index (χ2n) is 3.48. The van der Waals surface area contributed by atoms with E-state index in [0.29, 0.717) is 25.5 Å². The smallest absolute Gasteiger partial charge is 0.159 e. The lowest BCUT2D eigenvalue weighted by Gasteiger charge is -2.07. The molecule has 0 saturated heterocycles. The molecule has 2 aromatic rings. The monoisotopic (exact) mass is 305 g/mol. The summed E-state index contributed by atoms with van der Waals surface area (Å²) in [6, 6.07) is 6.73. The second kappa shape index (κ2) is 5.34. The fraction of sp³-hybridized carbons (Fsp3) is 0. The van der Waals surface area contributed by atoms with Crippen LogP contribution in [-0.2, 0) is 0 Å². The zero-order valence-electron chi connectivity index (χ0n) is 8.88. The van der Waals surface area contributed by atoms with Crippen molar-refractivity contribution in [2.45, 2.75) is 9.79 Å². The third kappa shape index (κ3) is 2.88. The van der Waals surface area contributed by atoms with Crippen molar-refractivity contribution in [1.82, 2.24) is 0 Å². The van der Waals surface area contributed by atoms with E-state index in [0.717, 1.165) is 12.1 Å². The normalized spacial score (nSPS) is 10.7. The van der Waals surface area contributed by atoms with Crippen LogP contribution in [0.4, 0.5) is 14.5 Å². The molecule has 0 spiro atoms. The maximum absolute atomic E-state index is 13.1. The van der Waals surface area contributed by atoms with Crippen molar-refractivity contribution in [1.29, 1.82) is 0 Å². The van der Waals surface area contributed by atoms with Gasteiger partial charge in [0.1, 0.15) is 0 Å². The van der Waals surface area contributed by atoms with E-state index in [1.54, 1.807) is 6.07 Å². The fourth-order valence-electron chi connectivity index (χ4n) is 1.30. The summed E-state index contributed by atoms with van der Waals surface area (Å²) in [6.45, 7) is 0. The van der Waals surface area contributed by atoms with E-state index < -0.39 is 11.6 Å². The summed E-state index contributed by atoms with van der Waals surface area (Å²) in [5, 5.41) is 0.708. The highest BCUT2D eigenvalue weighted by Crippen LogP contribution is 2.37. The third-order valence-electron chi connectivity index (χ3n) is 2.17. The van der Waals surface area contributed by atoms with Crippen LogP contribution in [0.1, 0.15) is 0 Å². The van der Waals surface area contributed by atoms with Gasteiger partial charge in [0.15, 0.2) is 11.6 Å². The van der Waals surface area contributed by atoms with E-state index >= 15 is 0 Å². The Bertz CT molecular complexity index is 605. The van der Waals surface area contributed by atoms with Crippen LogP contribution in [0.5, 0.6) is 0 Å². The molecule has 0 amide bonds. The molecule has 6 heteroatoms. The topological polar surface area (TPSA) is 26.0 Å². The predicted molar refractivity (Wildman–Crippen MR) is 71.4 cm³/mol. The molecule has 0 saturated carbocycles. The van der Waals surface area contributed by atoms with Crippen molar-refractivity contribution in [3.8, 4) is 0 Å². The molecule has 0 unspecified atom stereocenters. The van der Waals surface area contributed by atoms with Crippen molar-refractivity contribution in [3.63, 3.8) is 0 Å². The van der Waals surface area contributed by atoms with Crippen molar-refractivity contribution in [2.24, 2.45) is 0 Å². The van der Waals surface area contributed by atoms with E-state index in [4.69, 9.17) is 28.9 Å². The van der Waals surface area contributed by atoms with Crippen molar-refractivity contribution >= 4 is 40.7 Å². The zero-order valence-corrected chi connectivity index (χ0v) is 11.2. The summed E-state index contributed by atoms with van der Waals surface area (Å²) in [7, 11) is 0. The number of hydrogen-bond donors (Lipinski definition) is 1. The Labute approximate surface area is 117 Å². The van der Waals surface area contributed by atoms with Crippen LogP contribution in [0.3, 0.4) is 0 Å². The van der Waals surface area contributed by atoms with Crippen LogP contribution < -0.4 is 5.73 Å². The van der Waals surface area contributed by atoms with Gasteiger partial charge in [0.2, 0.25) is 0 Å². The van der Waals surface area contributed by atoms with E-state index in [9.17, 15) is 8.78 Å². The van der Waals surface area contributed by atoms with Gasteiger partial charge in [0, 0.05) is 15.5 Å². The Balaban J connectivity index is 2.34. The van der Waals surface area contributed by atoms with Gasteiger partial charge in [0.25, 0.3) is 0 Å². The lowest BCUT2D eigenvalue weighted by molar-refractivity contribution is 0.506. The molecule has 0 aliphatic carbocycles. The highest BCUT2D eigenvalue weighted by Gasteiger charge is 2.09. The van der Waals surface area contributed by atoms with Crippen molar-refractivity contribution in [2.75, 3.05) is 5.73 Å². The maximum Gasteiger partial charge on any atom is 0.159 e. The molecule has 0 aromatic heterocycles. The molecule has 2 N–H and O–H groups in total. The number of nitrogen functional groups attached to an aromatic ring is 1. The lowest BCUT2D eigenvalue weighted by atomic mass is 10.3. The number of halogens is 4. The van der Waals surface area contributed by atoms with Gasteiger partial charge in [-0.1, -0.05) is 35.0 Å². The molecule has 1 nitrogen and oxygen atoms in total. The minimum absolute atomic E-state index is 0.351. The van der Waals surface area contributed by atoms with Crippen molar-refractivity contribution < 1.29 is 8.78 Å². The molecule has 94 valence electrons. The first-order valence-corrected chi connectivity index (χ1v) is 6.42. The van der Waals surface area contributed by atoms with Gasteiger partial charge >= 0.3 is 0 Å². The van der Waals surface area contributed by atoms with Gasteiger partial charge in [-0.15, -0.1) is 0 Å². The molecule has 18 heavy (non-hydrogen) atoms. The highest BCUT2D eigenvalue weighted by molar-refractivity contribution is 7.99. The van der Waals surface area contributed by atoms with Gasteiger partial charge < -0.3 is 5.73 Å². The molecule has 2 rings (SSSR count). The second-order valence-corrected chi connectivity index (χ2v) is 5.41. The van der Waals surface area contributed by atoms with Gasteiger partial charge in [-0.2, -0.15) is 0 Å². The van der Waals surface area contributed by atoms with Crippen LogP contribution in [0.2, 0.25) is 10.0 Å². The van der Waals surface area contributed by atoms with Crippen LogP contribution in [-0.4, -0.2) is 0 Å². The van der Waals surface area contributed by atoms with E-state index in [2.05, 4.69) is 0 Å². The summed E-state index contributed by atoms with van der Waals surface area (Å²) >= 11 is 12.9. The predicted octanol–water partition coefficient (Wildman–Crippen LogP) is 5.01. The van der Waals surface area contributed by atoms with Gasteiger partial charge in [-0.25, -0.2) is 8.78 Å². The van der Waals surface area contributed by atoms with Gasteiger partial charge in [-0.3, -0.25) is 0 Å². The number of anilines is 1. The standard InChI is InChI=1S/C12H7Cl2F2NS/c13-7-4-11(17)12(5-8(7)14)18-6-1-2-9(15)10(16)3-6/h1-5H,17H2. The molecule has 0 radical (unpaired) electrons. The van der Waals surface area contributed by atoms with E-state index in [-0.39, 0.29) is 0 Å². The third-order valence-corrected chi connectivity index (χ3v) is 3.96. The lowest BCUT2D eigenvalue weighted by Crippen LogP contribution is -1.90. The first-order chi connectivity index (χ1) is 8.47. The van der Waals surface area contributed by atoms with E-state index in [1.807, 2.05) is 0 Å². The summed E-state index contributed by atoms with van der Waals surface area (Å²) < 4.78 is 25.8. The minimum atomic E-state index is -0.904. The minimum Gasteiger partial charge on any atom is -0.398 e. The molecule has 2 aromatic carbocycles. The zero-order chi connectivity index (χ0) is 13.3. The number of nitrogens with two attached hydrogens (primary N) is 1. The molecule has 0 atom stereocenters. The Hall–Kier alpha value is -0.970. The Kier molecular flexibility index (Phi) is 4.00. The quantitative estimate of drug-likeness (QED) is 0.790. The summed E-state index contributed by atoms with van der Waals surface area (Å²) in [5.74, 6) is -1.79. The number of benzene rings is 2. The van der Waals surface area contributed by atoms with Gasteiger partial charge in [-0.05, 0) is 30.3 Å². The molecule has 0 bridgehead atoms. The molecular weight excluding hydrogens is 299 g/mol. The molecule has 0 aliphatic heterocycles.